The number of nitrogens with zero attached hydrogens (tertiary/aromatic N) is 2. The molecular weight excluding hydrogens is 377 g/mol. The van der Waals surface area contributed by atoms with Gasteiger partial charge in [-0.2, -0.15) is 0 Å². The number of benzene rings is 2. The number of aromatic nitrogens is 1. The van der Waals surface area contributed by atoms with E-state index in [9.17, 15) is 14.0 Å². The number of hydrogen-bond acceptors (Lipinski definition) is 4. The number of amides is 2. The first kappa shape index (κ1) is 18.6. The maximum Gasteiger partial charge on any atom is 0.231 e. The molecule has 1 atom stereocenters. The van der Waals surface area contributed by atoms with E-state index >= 15 is 0 Å². The van der Waals surface area contributed by atoms with Gasteiger partial charge in [0, 0.05) is 19.5 Å². The normalized spacial score (nSPS) is 16.7. The van der Waals surface area contributed by atoms with Gasteiger partial charge in [-0.3, -0.25) is 9.59 Å². The second kappa shape index (κ2) is 7.67. The van der Waals surface area contributed by atoms with Crippen LogP contribution in [0.3, 0.4) is 0 Å². The molecule has 0 bridgehead atoms. The third-order valence-corrected chi connectivity index (χ3v) is 5.96. The van der Waals surface area contributed by atoms with Crippen LogP contribution in [0.15, 0.2) is 42.5 Å². The van der Waals surface area contributed by atoms with E-state index < -0.39 is 0 Å². The fourth-order valence-corrected chi connectivity index (χ4v) is 4.37. The standard InChI is InChI=1S/C21H20FN3O2S/c1-13-3-2-4-17-19(13)23-21(28-17)24-20(27)15-11-18(26)25(12-15)10-9-14-5-7-16(22)8-6-14/h2-8,15H,9-12H2,1H3,(H,23,24,27)/t15-/m1/s1. The Bertz CT molecular complexity index is 1030. The first-order valence-corrected chi connectivity index (χ1v) is 10.0. The average molecular weight is 397 g/mol. The molecule has 7 heteroatoms. The highest BCUT2D eigenvalue weighted by molar-refractivity contribution is 7.22. The van der Waals surface area contributed by atoms with E-state index in [2.05, 4.69) is 10.3 Å². The maximum atomic E-state index is 13.0. The van der Waals surface area contributed by atoms with Crippen LogP contribution in [0.4, 0.5) is 9.52 Å². The molecule has 0 radical (unpaired) electrons. The number of likely N-dealkylation sites (tertiary alicyclic amines) is 1. The molecule has 1 aromatic heterocycles. The lowest BCUT2D eigenvalue weighted by Crippen LogP contribution is -2.30. The minimum absolute atomic E-state index is 0.0255. The van der Waals surface area contributed by atoms with Gasteiger partial charge in [0.2, 0.25) is 11.8 Å². The Hall–Kier alpha value is -2.80. The van der Waals surface area contributed by atoms with Crippen molar-refractivity contribution in [1.82, 2.24) is 9.88 Å². The minimum Gasteiger partial charge on any atom is -0.342 e. The maximum absolute atomic E-state index is 13.0. The first-order chi connectivity index (χ1) is 13.5. The van der Waals surface area contributed by atoms with Gasteiger partial charge in [0.05, 0.1) is 16.1 Å². The lowest BCUT2D eigenvalue weighted by Gasteiger charge is -2.16. The molecular formula is C21H20FN3O2S. The topological polar surface area (TPSA) is 62.3 Å². The Kier molecular flexibility index (Phi) is 5.09. The Balaban J connectivity index is 1.36. The summed E-state index contributed by atoms with van der Waals surface area (Å²) < 4.78 is 14.0. The van der Waals surface area contributed by atoms with Gasteiger partial charge in [0.1, 0.15) is 5.82 Å². The number of carbonyl (C=O) groups is 2. The SMILES string of the molecule is Cc1cccc2sc(NC(=O)[C@@H]3CC(=O)N(CCc4ccc(F)cc4)C3)nc12. The molecule has 0 saturated carbocycles. The Morgan fingerprint density at radius 2 is 2.07 bits per heavy atom. The summed E-state index contributed by atoms with van der Waals surface area (Å²) in [6, 6.07) is 12.2. The average Bonchev–Trinajstić information content (AvgIpc) is 3.25. The second-order valence-corrected chi connectivity index (χ2v) is 8.08. The molecule has 0 spiro atoms. The van der Waals surface area contributed by atoms with Crippen molar-refractivity contribution in [3.05, 3.63) is 59.4 Å². The summed E-state index contributed by atoms with van der Waals surface area (Å²) in [4.78, 5) is 31.1. The molecule has 0 aliphatic carbocycles. The highest BCUT2D eigenvalue weighted by atomic mass is 32.1. The van der Waals surface area contributed by atoms with E-state index in [1.807, 2.05) is 25.1 Å². The number of halogens is 1. The molecule has 144 valence electrons. The van der Waals surface area contributed by atoms with E-state index in [1.165, 1.54) is 23.5 Å². The summed E-state index contributed by atoms with van der Waals surface area (Å²) in [5.74, 6) is -0.853. The van der Waals surface area contributed by atoms with Gasteiger partial charge in [-0.25, -0.2) is 9.37 Å². The molecule has 1 saturated heterocycles. The van der Waals surface area contributed by atoms with Gasteiger partial charge < -0.3 is 10.2 Å². The van der Waals surface area contributed by atoms with Crippen LogP contribution in [0.1, 0.15) is 17.5 Å². The molecule has 5 nitrogen and oxygen atoms in total. The fraction of sp³-hybridized carbons (Fsp3) is 0.286. The van der Waals surface area contributed by atoms with Crippen molar-refractivity contribution >= 4 is 38.5 Å². The Morgan fingerprint density at radius 1 is 1.29 bits per heavy atom. The second-order valence-electron chi connectivity index (χ2n) is 7.05. The summed E-state index contributed by atoms with van der Waals surface area (Å²) in [7, 11) is 0. The third kappa shape index (κ3) is 3.89. The summed E-state index contributed by atoms with van der Waals surface area (Å²) >= 11 is 1.44. The number of fused-ring (bicyclic) bond motifs is 1. The van der Waals surface area contributed by atoms with Crippen LogP contribution in [-0.4, -0.2) is 34.8 Å². The summed E-state index contributed by atoms with van der Waals surface area (Å²) in [5.41, 5.74) is 2.93. The van der Waals surface area contributed by atoms with Crippen molar-refractivity contribution in [3.8, 4) is 0 Å². The summed E-state index contributed by atoms with van der Waals surface area (Å²) in [5, 5.41) is 3.43. The van der Waals surface area contributed by atoms with E-state index in [0.717, 1.165) is 21.3 Å². The molecule has 28 heavy (non-hydrogen) atoms. The van der Waals surface area contributed by atoms with E-state index in [0.29, 0.717) is 24.6 Å². The van der Waals surface area contributed by atoms with E-state index in [4.69, 9.17) is 0 Å². The lowest BCUT2D eigenvalue weighted by atomic mass is 10.1. The molecule has 4 rings (SSSR count). The number of hydrogen-bond donors (Lipinski definition) is 1. The highest BCUT2D eigenvalue weighted by Crippen LogP contribution is 2.29. The molecule has 1 fully saturated rings. The van der Waals surface area contributed by atoms with Gasteiger partial charge in [0.25, 0.3) is 0 Å². The highest BCUT2D eigenvalue weighted by Gasteiger charge is 2.34. The number of aryl methyl sites for hydroxylation is 1. The summed E-state index contributed by atoms with van der Waals surface area (Å²) in [6.45, 7) is 2.91. The Morgan fingerprint density at radius 3 is 2.82 bits per heavy atom. The van der Waals surface area contributed by atoms with Gasteiger partial charge in [0.15, 0.2) is 5.13 Å². The predicted molar refractivity (Wildman–Crippen MR) is 108 cm³/mol. The number of anilines is 1. The number of carbonyl (C=O) groups excluding carboxylic acids is 2. The number of rotatable bonds is 5. The van der Waals surface area contributed by atoms with Crippen LogP contribution in [-0.2, 0) is 16.0 Å². The largest absolute Gasteiger partial charge is 0.342 e. The smallest absolute Gasteiger partial charge is 0.231 e. The summed E-state index contributed by atoms with van der Waals surface area (Å²) in [6.07, 6.45) is 0.844. The zero-order valence-electron chi connectivity index (χ0n) is 15.4. The molecule has 3 aromatic rings. The van der Waals surface area contributed by atoms with Gasteiger partial charge in [-0.05, 0) is 42.7 Å². The molecule has 0 unspecified atom stereocenters. The number of para-hydroxylation sites is 1. The van der Waals surface area contributed by atoms with Crippen LogP contribution < -0.4 is 5.32 Å². The van der Waals surface area contributed by atoms with Gasteiger partial charge >= 0.3 is 0 Å². The van der Waals surface area contributed by atoms with Gasteiger partial charge in [-0.1, -0.05) is 35.6 Å². The lowest BCUT2D eigenvalue weighted by molar-refractivity contribution is -0.128. The number of nitrogens with one attached hydrogen (secondary N) is 1. The van der Waals surface area contributed by atoms with Crippen LogP contribution >= 0.6 is 11.3 Å². The first-order valence-electron chi connectivity index (χ1n) is 9.19. The minimum atomic E-state index is -0.381. The molecule has 1 aliphatic rings. The van der Waals surface area contributed by atoms with Crippen LogP contribution in [0.25, 0.3) is 10.2 Å². The molecule has 1 N–H and O–H groups in total. The van der Waals surface area contributed by atoms with Crippen molar-refractivity contribution in [2.24, 2.45) is 5.92 Å². The van der Waals surface area contributed by atoms with Crippen LogP contribution in [0, 0.1) is 18.7 Å². The van der Waals surface area contributed by atoms with Crippen LogP contribution in [0.5, 0.6) is 0 Å². The number of thiazole rings is 1. The van der Waals surface area contributed by atoms with Crippen molar-refractivity contribution in [2.45, 2.75) is 19.8 Å². The van der Waals surface area contributed by atoms with Crippen LogP contribution in [0.2, 0.25) is 0 Å². The van der Waals surface area contributed by atoms with Crippen molar-refractivity contribution in [2.75, 3.05) is 18.4 Å². The predicted octanol–water partition coefficient (Wildman–Crippen LogP) is 3.77. The van der Waals surface area contributed by atoms with Crippen molar-refractivity contribution in [3.63, 3.8) is 0 Å². The van der Waals surface area contributed by atoms with E-state index in [1.54, 1.807) is 17.0 Å². The van der Waals surface area contributed by atoms with Gasteiger partial charge in [-0.15, -0.1) is 0 Å². The molecule has 1 aliphatic heterocycles. The zero-order valence-corrected chi connectivity index (χ0v) is 16.3. The quantitative estimate of drug-likeness (QED) is 0.713. The monoisotopic (exact) mass is 397 g/mol. The van der Waals surface area contributed by atoms with E-state index in [-0.39, 0.29) is 30.0 Å². The molecule has 2 heterocycles. The van der Waals surface area contributed by atoms with Crippen molar-refractivity contribution in [1.29, 1.82) is 0 Å². The fourth-order valence-electron chi connectivity index (χ4n) is 3.43. The molecule has 2 amide bonds. The third-order valence-electron chi connectivity index (χ3n) is 5.02. The van der Waals surface area contributed by atoms with Crippen molar-refractivity contribution < 1.29 is 14.0 Å². The zero-order chi connectivity index (χ0) is 19.7. The Labute approximate surface area is 166 Å². The molecule has 2 aromatic carbocycles.